The second-order valence-electron chi connectivity index (χ2n) is 1.98. The van der Waals surface area contributed by atoms with Crippen molar-refractivity contribution in [2.45, 2.75) is 6.04 Å². The number of nitrogens with zero attached hydrogens (tertiary/aromatic N) is 1. The second kappa shape index (κ2) is 3.03. The van der Waals surface area contributed by atoms with Crippen molar-refractivity contribution >= 4 is 17.7 Å². The summed E-state index contributed by atoms with van der Waals surface area (Å²) in [6.45, 7) is 0.599. The highest BCUT2D eigenvalue weighted by molar-refractivity contribution is 6.15. The highest BCUT2D eigenvalue weighted by Gasteiger charge is 2.25. The summed E-state index contributed by atoms with van der Waals surface area (Å²) < 4.78 is 5.88. The Balaban J connectivity index is 2.55. The number of carbonyl (C=O) groups excluding carboxylic acids is 1. The molecule has 0 N–H and O–H groups in total. The number of halogens is 1. The summed E-state index contributed by atoms with van der Waals surface area (Å²) in [6.07, 6.45) is 3.55. The molecule has 0 amide bonds. The molecule has 3 nitrogen and oxygen atoms in total. The van der Waals surface area contributed by atoms with Crippen molar-refractivity contribution in [3.05, 3.63) is 12.2 Å². The van der Waals surface area contributed by atoms with Gasteiger partial charge in [-0.25, -0.2) is 4.79 Å². The maximum Gasteiger partial charge on any atom is 0.328 e. The van der Waals surface area contributed by atoms with Crippen molar-refractivity contribution in [3.63, 3.8) is 0 Å². The Kier molecular flexibility index (Phi) is 2.29. The molecule has 1 heterocycles. The first-order valence-electron chi connectivity index (χ1n) is 2.92. The minimum Gasteiger partial charge on any atom is -0.468 e. The molecule has 1 aliphatic rings. The van der Waals surface area contributed by atoms with Crippen LogP contribution < -0.4 is 0 Å². The minimum atomic E-state index is -0.397. The SMILES string of the molecule is COC(=O)[C@@H]1C=CCN1Cl. The van der Waals surface area contributed by atoms with Crippen molar-refractivity contribution in [3.8, 4) is 0 Å². The van der Waals surface area contributed by atoms with Gasteiger partial charge in [-0.3, -0.25) is 0 Å². The third kappa shape index (κ3) is 1.30. The van der Waals surface area contributed by atoms with E-state index < -0.39 is 6.04 Å². The number of rotatable bonds is 1. The molecule has 0 unspecified atom stereocenters. The van der Waals surface area contributed by atoms with Crippen LogP contribution in [-0.2, 0) is 9.53 Å². The Morgan fingerprint density at radius 3 is 3.00 bits per heavy atom. The van der Waals surface area contributed by atoms with E-state index >= 15 is 0 Å². The summed E-state index contributed by atoms with van der Waals surface area (Å²) in [5, 5.41) is 0. The maximum atomic E-state index is 10.8. The topological polar surface area (TPSA) is 29.5 Å². The summed E-state index contributed by atoms with van der Waals surface area (Å²) >= 11 is 5.62. The lowest BCUT2D eigenvalue weighted by Gasteiger charge is -2.12. The van der Waals surface area contributed by atoms with Gasteiger partial charge in [-0.15, -0.1) is 0 Å². The van der Waals surface area contributed by atoms with Crippen molar-refractivity contribution in [2.24, 2.45) is 0 Å². The van der Waals surface area contributed by atoms with Gasteiger partial charge in [-0.05, 0) is 11.8 Å². The number of hydrogen-bond donors (Lipinski definition) is 0. The molecule has 0 aromatic heterocycles. The fourth-order valence-corrected chi connectivity index (χ4v) is 1.04. The highest BCUT2D eigenvalue weighted by Crippen LogP contribution is 2.12. The molecule has 1 aliphatic heterocycles. The number of carbonyl (C=O) groups is 1. The molecule has 1 atom stereocenters. The van der Waals surface area contributed by atoms with Crippen LogP contribution in [0.15, 0.2) is 12.2 Å². The smallest absolute Gasteiger partial charge is 0.328 e. The fourth-order valence-electron chi connectivity index (χ4n) is 0.811. The predicted molar refractivity (Wildman–Crippen MR) is 37.5 cm³/mol. The average molecular weight is 162 g/mol. The van der Waals surface area contributed by atoms with Crippen molar-refractivity contribution in [1.82, 2.24) is 4.42 Å². The van der Waals surface area contributed by atoms with E-state index in [0.29, 0.717) is 6.54 Å². The third-order valence-electron chi connectivity index (χ3n) is 1.34. The predicted octanol–water partition coefficient (Wildman–Crippen LogP) is 0.554. The lowest BCUT2D eigenvalue weighted by Crippen LogP contribution is -2.30. The minimum absolute atomic E-state index is 0.316. The molecule has 0 saturated carbocycles. The Morgan fingerprint density at radius 1 is 1.90 bits per heavy atom. The van der Waals surface area contributed by atoms with Gasteiger partial charge in [-0.2, -0.15) is 4.42 Å². The summed E-state index contributed by atoms with van der Waals surface area (Å²) in [7, 11) is 1.35. The van der Waals surface area contributed by atoms with E-state index in [4.69, 9.17) is 11.8 Å². The van der Waals surface area contributed by atoms with E-state index in [1.165, 1.54) is 11.5 Å². The monoisotopic (exact) mass is 161 g/mol. The fraction of sp³-hybridized carbons (Fsp3) is 0.500. The van der Waals surface area contributed by atoms with E-state index in [1.807, 2.05) is 6.08 Å². The second-order valence-corrected chi connectivity index (χ2v) is 2.41. The zero-order chi connectivity index (χ0) is 7.56. The molecule has 4 heteroatoms. The molecule has 0 bridgehead atoms. The van der Waals surface area contributed by atoms with Crippen LogP contribution in [0.3, 0.4) is 0 Å². The van der Waals surface area contributed by atoms with Gasteiger partial charge in [0.05, 0.1) is 7.11 Å². The lowest BCUT2D eigenvalue weighted by molar-refractivity contribution is -0.143. The summed E-state index contributed by atoms with van der Waals surface area (Å²) in [5.41, 5.74) is 0. The number of ether oxygens (including phenoxy) is 1. The largest absolute Gasteiger partial charge is 0.468 e. The first-order valence-corrected chi connectivity index (χ1v) is 3.26. The van der Waals surface area contributed by atoms with Gasteiger partial charge in [0.2, 0.25) is 0 Å². The number of hydrogen-bond acceptors (Lipinski definition) is 3. The van der Waals surface area contributed by atoms with Crippen LogP contribution >= 0.6 is 11.8 Å². The van der Waals surface area contributed by atoms with Crippen LogP contribution in [0.2, 0.25) is 0 Å². The van der Waals surface area contributed by atoms with E-state index in [0.717, 1.165) is 0 Å². The van der Waals surface area contributed by atoms with Gasteiger partial charge in [-0.1, -0.05) is 12.2 Å². The van der Waals surface area contributed by atoms with E-state index in [-0.39, 0.29) is 5.97 Å². The number of methoxy groups -OCH3 is 1. The first kappa shape index (κ1) is 7.57. The van der Waals surface area contributed by atoms with Crippen LogP contribution in [0.25, 0.3) is 0 Å². The van der Waals surface area contributed by atoms with E-state index in [1.54, 1.807) is 6.08 Å². The zero-order valence-corrected chi connectivity index (χ0v) is 6.34. The number of esters is 1. The molecule has 0 aromatic rings. The molecule has 10 heavy (non-hydrogen) atoms. The van der Waals surface area contributed by atoms with Crippen LogP contribution in [0.4, 0.5) is 0 Å². The Hall–Kier alpha value is -0.540. The third-order valence-corrected chi connectivity index (χ3v) is 1.69. The van der Waals surface area contributed by atoms with Crippen molar-refractivity contribution in [1.29, 1.82) is 0 Å². The van der Waals surface area contributed by atoms with E-state index in [9.17, 15) is 4.79 Å². The Labute approximate surface area is 64.3 Å². The molecular weight excluding hydrogens is 154 g/mol. The summed E-state index contributed by atoms with van der Waals surface area (Å²) in [6, 6.07) is -0.397. The Bertz CT molecular complexity index is 169. The molecular formula is C6H8ClNO2. The molecule has 0 spiro atoms. The van der Waals surface area contributed by atoms with Crippen LogP contribution in [0, 0.1) is 0 Å². The van der Waals surface area contributed by atoms with Gasteiger partial charge in [0.1, 0.15) is 6.04 Å². The molecule has 0 aliphatic carbocycles. The van der Waals surface area contributed by atoms with Gasteiger partial charge >= 0.3 is 5.97 Å². The van der Waals surface area contributed by atoms with Gasteiger partial charge in [0, 0.05) is 6.54 Å². The normalized spacial score (nSPS) is 25.2. The summed E-state index contributed by atoms with van der Waals surface area (Å²) in [5.74, 6) is -0.316. The average Bonchev–Trinajstić information content (AvgIpc) is 2.34. The lowest BCUT2D eigenvalue weighted by atomic mass is 10.3. The van der Waals surface area contributed by atoms with Gasteiger partial charge in [0.15, 0.2) is 0 Å². The zero-order valence-electron chi connectivity index (χ0n) is 5.58. The van der Waals surface area contributed by atoms with Gasteiger partial charge < -0.3 is 4.74 Å². The van der Waals surface area contributed by atoms with Crippen molar-refractivity contribution in [2.75, 3.05) is 13.7 Å². The molecule has 0 saturated heterocycles. The molecule has 0 radical (unpaired) electrons. The van der Waals surface area contributed by atoms with E-state index in [2.05, 4.69) is 4.74 Å². The van der Waals surface area contributed by atoms with Gasteiger partial charge in [0.25, 0.3) is 0 Å². The molecule has 0 aromatic carbocycles. The van der Waals surface area contributed by atoms with Crippen LogP contribution in [0.5, 0.6) is 0 Å². The molecule has 0 fully saturated rings. The quantitative estimate of drug-likeness (QED) is 0.320. The highest BCUT2D eigenvalue weighted by atomic mass is 35.5. The van der Waals surface area contributed by atoms with Crippen LogP contribution in [-0.4, -0.2) is 30.1 Å². The van der Waals surface area contributed by atoms with Crippen molar-refractivity contribution < 1.29 is 9.53 Å². The first-order chi connectivity index (χ1) is 4.75. The van der Waals surface area contributed by atoms with Crippen LogP contribution in [0.1, 0.15) is 0 Å². The Morgan fingerprint density at radius 2 is 2.60 bits per heavy atom. The summed E-state index contributed by atoms with van der Waals surface area (Å²) in [4.78, 5) is 10.8. The standard InChI is InChI=1S/C6H8ClNO2/c1-10-6(9)5-3-2-4-8(5)7/h2-3,5H,4H2,1H3/t5-/m0/s1. The maximum absolute atomic E-state index is 10.8. The molecule has 56 valence electrons. The molecule has 1 rings (SSSR count).